The number of rotatable bonds is 7. The summed E-state index contributed by atoms with van der Waals surface area (Å²) >= 11 is 0. The van der Waals surface area contributed by atoms with Crippen molar-refractivity contribution in [3.8, 4) is 0 Å². The molecule has 0 aliphatic rings. The minimum atomic E-state index is -0.0788. The van der Waals surface area contributed by atoms with Gasteiger partial charge in [-0.05, 0) is 19.1 Å². The SMILES string of the molecule is C=CCNC(=NCCNC(=O)c1ccccc1)NCC. The zero-order chi connectivity index (χ0) is 14.6. The number of hydrogen-bond donors (Lipinski definition) is 3. The maximum atomic E-state index is 11.8. The largest absolute Gasteiger partial charge is 0.357 e. The molecule has 1 amide bonds. The van der Waals surface area contributed by atoms with Gasteiger partial charge in [-0.1, -0.05) is 24.3 Å². The van der Waals surface area contributed by atoms with E-state index < -0.39 is 0 Å². The topological polar surface area (TPSA) is 65.5 Å². The van der Waals surface area contributed by atoms with Gasteiger partial charge in [-0.25, -0.2) is 0 Å². The van der Waals surface area contributed by atoms with Crippen LogP contribution in [-0.4, -0.2) is 38.0 Å². The molecule has 5 heteroatoms. The van der Waals surface area contributed by atoms with Crippen LogP contribution in [0, 0.1) is 0 Å². The zero-order valence-electron chi connectivity index (χ0n) is 11.9. The number of guanidine groups is 1. The fourth-order valence-corrected chi connectivity index (χ4v) is 1.54. The summed E-state index contributed by atoms with van der Waals surface area (Å²) in [6.45, 7) is 8.11. The molecule has 0 saturated carbocycles. The van der Waals surface area contributed by atoms with Gasteiger partial charge in [0.1, 0.15) is 0 Å². The average molecular weight is 274 g/mol. The van der Waals surface area contributed by atoms with Crippen LogP contribution in [0.15, 0.2) is 48.0 Å². The van der Waals surface area contributed by atoms with Crippen LogP contribution in [0.1, 0.15) is 17.3 Å². The monoisotopic (exact) mass is 274 g/mol. The fourth-order valence-electron chi connectivity index (χ4n) is 1.54. The van der Waals surface area contributed by atoms with Gasteiger partial charge in [0, 0.05) is 25.2 Å². The van der Waals surface area contributed by atoms with Gasteiger partial charge in [0.05, 0.1) is 6.54 Å². The van der Waals surface area contributed by atoms with Crippen molar-refractivity contribution in [2.45, 2.75) is 6.92 Å². The van der Waals surface area contributed by atoms with Crippen LogP contribution < -0.4 is 16.0 Å². The van der Waals surface area contributed by atoms with E-state index in [9.17, 15) is 4.79 Å². The Balaban J connectivity index is 2.34. The fraction of sp³-hybridized carbons (Fsp3) is 0.333. The molecule has 5 nitrogen and oxygen atoms in total. The Hall–Kier alpha value is -2.30. The summed E-state index contributed by atoms with van der Waals surface area (Å²) in [4.78, 5) is 16.1. The van der Waals surface area contributed by atoms with Gasteiger partial charge in [-0.2, -0.15) is 0 Å². The lowest BCUT2D eigenvalue weighted by molar-refractivity contribution is 0.0955. The Morgan fingerprint density at radius 3 is 2.65 bits per heavy atom. The molecule has 0 aliphatic carbocycles. The van der Waals surface area contributed by atoms with Crippen LogP contribution in [0.3, 0.4) is 0 Å². The maximum Gasteiger partial charge on any atom is 0.251 e. The molecule has 0 aliphatic heterocycles. The lowest BCUT2D eigenvalue weighted by atomic mass is 10.2. The molecule has 0 aromatic heterocycles. The minimum absolute atomic E-state index is 0.0788. The number of nitrogens with zero attached hydrogens (tertiary/aromatic N) is 1. The lowest BCUT2D eigenvalue weighted by Crippen LogP contribution is -2.38. The Kier molecular flexibility index (Phi) is 7.57. The molecule has 0 heterocycles. The van der Waals surface area contributed by atoms with E-state index in [1.165, 1.54) is 0 Å². The van der Waals surface area contributed by atoms with Crippen LogP contribution in [0.4, 0.5) is 0 Å². The van der Waals surface area contributed by atoms with Crippen LogP contribution in [0.5, 0.6) is 0 Å². The molecule has 3 N–H and O–H groups in total. The number of benzene rings is 1. The van der Waals surface area contributed by atoms with Gasteiger partial charge in [-0.3, -0.25) is 9.79 Å². The van der Waals surface area contributed by atoms with Crippen molar-refractivity contribution >= 4 is 11.9 Å². The average Bonchev–Trinajstić information content (AvgIpc) is 2.49. The normalized spacial score (nSPS) is 10.8. The highest BCUT2D eigenvalue weighted by molar-refractivity contribution is 5.94. The highest BCUT2D eigenvalue weighted by atomic mass is 16.1. The van der Waals surface area contributed by atoms with E-state index in [2.05, 4.69) is 27.5 Å². The number of aliphatic imine (C=N–C) groups is 1. The van der Waals surface area contributed by atoms with Gasteiger partial charge in [0.25, 0.3) is 5.91 Å². The maximum absolute atomic E-state index is 11.8. The summed E-state index contributed by atoms with van der Waals surface area (Å²) in [5.74, 6) is 0.645. The van der Waals surface area contributed by atoms with E-state index in [4.69, 9.17) is 0 Å². The number of nitrogens with one attached hydrogen (secondary N) is 3. The number of hydrogen-bond acceptors (Lipinski definition) is 2. The van der Waals surface area contributed by atoms with Crippen molar-refractivity contribution in [3.63, 3.8) is 0 Å². The predicted octanol–water partition coefficient (Wildman–Crippen LogP) is 1.16. The van der Waals surface area contributed by atoms with Crippen molar-refractivity contribution in [1.29, 1.82) is 0 Å². The first kappa shape index (κ1) is 15.8. The molecule has 0 atom stereocenters. The molecular weight excluding hydrogens is 252 g/mol. The molecule has 0 spiro atoms. The molecule has 0 radical (unpaired) electrons. The molecule has 20 heavy (non-hydrogen) atoms. The van der Waals surface area contributed by atoms with E-state index in [1.807, 2.05) is 25.1 Å². The molecule has 0 saturated heterocycles. The number of carbonyl (C=O) groups is 1. The minimum Gasteiger partial charge on any atom is -0.357 e. The Labute approximate surface area is 120 Å². The second-order valence-corrected chi connectivity index (χ2v) is 4.05. The summed E-state index contributed by atoms with van der Waals surface area (Å²) in [5, 5.41) is 9.04. The number of carbonyl (C=O) groups excluding carboxylic acids is 1. The highest BCUT2D eigenvalue weighted by Crippen LogP contribution is 1.97. The van der Waals surface area contributed by atoms with Gasteiger partial charge < -0.3 is 16.0 Å². The van der Waals surface area contributed by atoms with E-state index in [-0.39, 0.29) is 5.91 Å². The van der Waals surface area contributed by atoms with Gasteiger partial charge >= 0.3 is 0 Å². The molecule has 1 aromatic rings. The van der Waals surface area contributed by atoms with E-state index in [0.29, 0.717) is 25.2 Å². The van der Waals surface area contributed by atoms with E-state index in [1.54, 1.807) is 18.2 Å². The molecule has 1 aromatic carbocycles. The van der Waals surface area contributed by atoms with Crippen molar-refractivity contribution < 1.29 is 4.79 Å². The molecular formula is C15H22N4O. The summed E-state index contributed by atoms with van der Waals surface area (Å²) in [5.41, 5.74) is 0.660. The van der Waals surface area contributed by atoms with Crippen LogP contribution in [0.25, 0.3) is 0 Å². The van der Waals surface area contributed by atoms with Crippen LogP contribution in [-0.2, 0) is 0 Å². The van der Waals surface area contributed by atoms with E-state index in [0.717, 1.165) is 12.5 Å². The van der Waals surface area contributed by atoms with Crippen molar-refractivity contribution in [1.82, 2.24) is 16.0 Å². The predicted molar refractivity (Wildman–Crippen MR) is 83.0 cm³/mol. The summed E-state index contributed by atoms with van der Waals surface area (Å²) in [7, 11) is 0. The van der Waals surface area contributed by atoms with Crippen molar-refractivity contribution in [3.05, 3.63) is 48.6 Å². The van der Waals surface area contributed by atoms with Gasteiger partial charge in [-0.15, -0.1) is 6.58 Å². The molecule has 0 bridgehead atoms. The van der Waals surface area contributed by atoms with Gasteiger partial charge in [0.15, 0.2) is 5.96 Å². The Bertz CT molecular complexity index is 442. The number of amides is 1. The third-order valence-electron chi connectivity index (χ3n) is 2.46. The molecule has 108 valence electrons. The van der Waals surface area contributed by atoms with Gasteiger partial charge in [0.2, 0.25) is 0 Å². The first-order valence-electron chi connectivity index (χ1n) is 6.74. The smallest absolute Gasteiger partial charge is 0.251 e. The standard InChI is InChI=1S/C15H22N4O/c1-3-10-18-15(16-4-2)19-12-11-17-14(20)13-8-6-5-7-9-13/h3,5-9H,1,4,10-12H2,2H3,(H,17,20)(H2,16,18,19). The lowest BCUT2D eigenvalue weighted by Gasteiger charge is -2.09. The summed E-state index contributed by atoms with van der Waals surface area (Å²) < 4.78 is 0. The van der Waals surface area contributed by atoms with Crippen LogP contribution >= 0.6 is 0 Å². The third kappa shape index (κ3) is 6.04. The Morgan fingerprint density at radius 1 is 1.25 bits per heavy atom. The van der Waals surface area contributed by atoms with Crippen molar-refractivity contribution in [2.24, 2.45) is 4.99 Å². The Morgan fingerprint density at radius 2 is 2.00 bits per heavy atom. The molecule has 1 rings (SSSR count). The second-order valence-electron chi connectivity index (χ2n) is 4.05. The quantitative estimate of drug-likeness (QED) is 0.302. The van der Waals surface area contributed by atoms with E-state index >= 15 is 0 Å². The third-order valence-corrected chi connectivity index (χ3v) is 2.46. The second kappa shape index (κ2) is 9.61. The summed E-state index contributed by atoms with van der Waals surface area (Å²) in [6.07, 6.45) is 1.77. The first-order valence-corrected chi connectivity index (χ1v) is 6.74. The van der Waals surface area contributed by atoms with Crippen LogP contribution in [0.2, 0.25) is 0 Å². The zero-order valence-corrected chi connectivity index (χ0v) is 11.9. The molecule has 0 fully saturated rings. The van der Waals surface area contributed by atoms with Crippen molar-refractivity contribution in [2.75, 3.05) is 26.2 Å². The summed E-state index contributed by atoms with van der Waals surface area (Å²) in [6, 6.07) is 9.14. The highest BCUT2D eigenvalue weighted by Gasteiger charge is 2.02. The molecule has 0 unspecified atom stereocenters. The first-order chi connectivity index (χ1) is 9.77.